The molecule has 0 saturated carbocycles. The second-order valence-electron chi connectivity index (χ2n) is 5.98. The molecule has 3 rings (SSSR count). The average molecular weight is 315 g/mol. The van der Waals surface area contributed by atoms with E-state index in [0.29, 0.717) is 16.7 Å². The quantitative estimate of drug-likeness (QED) is 0.875. The first-order chi connectivity index (χ1) is 11.1. The number of hydrogen-bond acceptors (Lipinski definition) is 5. The summed E-state index contributed by atoms with van der Waals surface area (Å²) in [5.41, 5.74) is 0.601. The first-order valence-corrected chi connectivity index (χ1v) is 7.91. The lowest BCUT2D eigenvalue weighted by Crippen LogP contribution is -2.39. The second-order valence-corrected chi connectivity index (χ2v) is 5.98. The minimum atomic E-state index is -0.130. The molecule has 2 heterocycles. The Kier molecular flexibility index (Phi) is 4.43. The Bertz CT molecular complexity index is 763. The van der Waals surface area contributed by atoms with Gasteiger partial charge in [0.15, 0.2) is 0 Å². The number of H-pyrrole nitrogens is 1. The number of nitrogens with one attached hydrogen (secondary N) is 1. The number of para-hydroxylation sites is 1. The van der Waals surface area contributed by atoms with Crippen LogP contribution in [0.2, 0.25) is 0 Å². The third-order valence-corrected chi connectivity index (χ3v) is 4.64. The summed E-state index contributed by atoms with van der Waals surface area (Å²) in [7, 11) is 1.43. The van der Waals surface area contributed by atoms with Crippen molar-refractivity contribution in [3.05, 3.63) is 40.4 Å². The van der Waals surface area contributed by atoms with Crippen molar-refractivity contribution in [3.63, 3.8) is 0 Å². The molecule has 122 valence electrons. The third-order valence-electron chi connectivity index (χ3n) is 4.64. The topological polar surface area (TPSA) is 75.3 Å². The van der Waals surface area contributed by atoms with Crippen molar-refractivity contribution in [1.82, 2.24) is 14.9 Å². The van der Waals surface area contributed by atoms with E-state index in [2.05, 4.69) is 14.9 Å². The Morgan fingerprint density at radius 1 is 1.35 bits per heavy atom. The molecule has 1 aromatic heterocycles. The number of esters is 1. The zero-order chi connectivity index (χ0) is 16.4. The molecule has 6 nitrogen and oxygen atoms in total. The van der Waals surface area contributed by atoms with E-state index in [9.17, 15) is 9.59 Å². The SMILES string of the molecule is COC(=O)C1CCN([C@@H](C)c2nc3ccccc3c(=O)[nH]2)CC1. The Morgan fingerprint density at radius 3 is 2.74 bits per heavy atom. The van der Waals surface area contributed by atoms with E-state index in [4.69, 9.17) is 4.74 Å². The van der Waals surface area contributed by atoms with Crippen molar-refractivity contribution < 1.29 is 9.53 Å². The molecular weight excluding hydrogens is 294 g/mol. The van der Waals surface area contributed by atoms with Gasteiger partial charge in [0, 0.05) is 0 Å². The Hall–Kier alpha value is -2.21. The normalized spacial score (nSPS) is 18.0. The van der Waals surface area contributed by atoms with Crippen molar-refractivity contribution in [3.8, 4) is 0 Å². The van der Waals surface area contributed by atoms with Crippen LogP contribution in [0.3, 0.4) is 0 Å². The average Bonchev–Trinajstić information content (AvgIpc) is 2.60. The van der Waals surface area contributed by atoms with Crippen LogP contribution in [0.15, 0.2) is 29.1 Å². The molecule has 1 aromatic carbocycles. The maximum absolute atomic E-state index is 12.2. The summed E-state index contributed by atoms with van der Waals surface area (Å²) in [6, 6.07) is 7.35. The van der Waals surface area contributed by atoms with Crippen molar-refractivity contribution in [1.29, 1.82) is 0 Å². The predicted molar refractivity (Wildman–Crippen MR) is 87.1 cm³/mol. The van der Waals surface area contributed by atoms with Crippen LogP contribution in [0, 0.1) is 5.92 Å². The number of aromatic nitrogens is 2. The number of nitrogens with zero attached hydrogens (tertiary/aromatic N) is 2. The number of carbonyl (C=O) groups excluding carboxylic acids is 1. The summed E-state index contributed by atoms with van der Waals surface area (Å²) in [5, 5.41) is 0.604. The zero-order valence-electron chi connectivity index (χ0n) is 13.4. The van der Waals surface area contributed by atoms with Crippen LogP contribution in [-0.4, -0.2) is 41.0 Å². The minimum Gasteiger partial charge on any atom is -0.469 e. The predicted octanol–water partition coefficient (Wildman–Crippen LogP) is 1.87. The van der Waals surface area contributed by atoms with Crippen LogP contribution in [0.4, 0.5) is 0 Å². The van der Waals surface area contributed by atoms with Crippen LogP contribution in [-0.2, 0) is 9.53 Å². The van der Waals surface area contributed by atoms with Crippen LogP contribution in [0.1, 0.15) is 31.6 Å². The van der Waals surface area contributed by atoms with E-state index in [0.717, 1.165) is 25.9 Å². The van der Waals surface area contributed by atoms with Crippen molar-refractivity contribution in [2.75, 3.05) is 20.2 Å². The number of fused-ring (bicyclic) bond motifs is 1. The zero-order valence-corrected chi connectivity index (χ0v) is 13.4. The van der Waals surface area contributed by atoms with Gasteiger partial charge in [-0.1, -0.05) is 12.1 Å². The van der Waals surface area contributed by atoms with Crippen LogP contribution in [0.5, 0.6) is 0 Å². The summed E-state index contributed by atoms with van der Waals surface area (Å²) in [6.07, 6.45) is 1.55. The highest BCUT2D eigenvalue weighted by molar-refractivity contribution is 5.77. The van der Waals surface area contributed by atoms with Crippen molar-refractivity contribution in [2.45, 2.75) is 25.8 Å². The third kappa shape index (κ3) is 3.12. The van der Waals surface area contributed by atoms with Gasteiger partial charge in [-0.2, -0.15) is 0 Å². The van der Waals surface area contributed by atoms with Crippen LogP contribution >= 0.6 is 0 Å². The first-order valence-electron chi connectivity index (χ1n) is 7.91. The van der Waals surface area contributed by atoms with E-state index < -0.39 is 0 Å². The van der Waals surface area contributed by atoms with E-state index in [1.807, 2.05) is 25.1 Å². The molecule has 1 saturated heterocycles. The summed E-state index contributed by atoms with van der Waals surface area (Å²) in [6.45, 7) is 3.61. The van der Waals surface area contributed by atoms with Gasteiger partial charge in [0.25, 0.3) is 5.56 Å². The van der Waals surface area contributed by atoms with Gasteiger partial charge in [-0.3, -0.25) is 14.5 Å². The molecule has 23 heavy (non-hydrogen) atoms. The number of piperidine rings is 1. The molecule has 0 aliphatic carbocycles. The maximum Gasteiger partial charge on any atom is 0.308 e. The van der Waals surface area contributed by atoms with E-state index >= 15 is 0 Å². The molecule has 1 aliphatic rings. The lowest BCUT2D eigenvalue weighted by molar-refractivity contribution is -0.147. The molecule has 2 aromatic rings. The largest absolute Gasteiger partial charge is 0.469 e. The van der Waals surface area contributed by atoms with Gasteiger partial charge in [-0.05, 0) is 45.0 Å². The first kappa shape index (κ1) is 15.7. The number of benzene rings is 1. The van der Waals surface area contributed by atoms with Gasteiger partial charge in [0.2, 0.25) is 0 Å². The molecular formula is C17H21N3O3. The molecule has 6 heteroatoms. The highest BCUT2D eigenvalue weighted by atomic mass is 16.5. The number of rotatable bonds is 3. The number of hydrogen-bond donors (Lipinski definition) is 1. The molecule has 0 unspecified atom stereocenters. The summed E-state index contributed by atoms with van der Waals surface area (Å²) >= 11 is 0. The Labute approximate surface area is 134 Å². The fraction of sp³-hybridized carbons (Fsp3) is 0.471. The van der Waals surface area contributed by atoms with Gasteiger partial charge in [0.05, 0.1) is 30.0 Å². The van der Waals surface area contributed by atoms with E-state index in [1.165, 1.54) is 7.11 Å². The number of methoxy groups -OCH3 is 1. The number of carbonyl (C=O) groups is 1. The van der Waals surface area contributed by atoms with Gasteiger partial charge in [-0.15, -0.1) is 0 Å². The second kappa shape index (κ2) is 6.50. The highest BCUT2D eigenvalue weighted by Gasteiger charge is 2.29. The number of likely N-dealkylation sites (tertiary alicyclic amines) is 1. The van der Waals surface area contributed by atoms with Crippen molar-refractivity contribution >= 4 is 16.9 Å². The lowest BCUT2D eigenvalue weighted by atomic mass is 9.96. The molecule has 0 amide bonds. The van der Waals surface area contributed by atoms with Crippen LogP contribution in [0.25, 0.3) is 10.9 Å². The molecule has 1 aliphatic heterocycles. The fourth-order valence-corrected chi connectivity index (χ4v) is 3.16. The molecule has 1 N–H and O–H groups in total. The van der Waals surface area contributed by atoms with Gasteiger partial charge < -0.3 is 9.72 Å². The number of aromatic amines is 1. The molecule has 0 spiro atoms. The summed E-state index contributed by atoms with van der Waals surface area (Å²) in [4.78, 5) is 33.5. The molecule has 1 fully saturated rings. The highest BCUT2D eigenvalue weighted by Crippen LogP contribution is 2.25. The van der Waals surface area contributed by atoms with E-state index in [-0.39, 0.29) is 23.5 Å². The summed E-state index contributed by atoms with van der Waals surface area (Å²) in [5.74, 6) is 0.520. The summed E-state index contributed by atoms with van der Waals surface area (Å²) < 4.78 is 4.82. The minimum absolute atomic E-state index is 0.00547. The van der Waals surface area contributed by atoms with Crippen LogP contribution < -0.4 is 5.56 Å². The maximum atomic E-state index is 12.2. The van der Waals surface area contributed by atoms with Gasteiger partial charge in [0.1, 0.15) is 5.82 Å². The molecule has 1 atom stereocenters. The molecule has 0 bridgehead atoms. The Balaban J connectivity index is 1.78. The smallest absolute Gasteiger partial charge is 0.308 e. The monoisotopic (exact) mass is 315 g/mol. The van der Waals surface area contributed by atoms with Crippen molar-refractivity contribution in [2.24, 2.45) is 5.92 Å². The fourth-order valence-electron chi connectivity index (χ4n) is 3.16. The van der Waals surface area contributed by atoms with E-state index in [1.54, 1.807) is 6.07 Å². The standard InChI is InChI=1S/C17H21N3O3/c1-11(20-9-7-12(8-10-20)17(22)23-2)15-18-14-6-4-3-5-13(14)16(21)19-15/h3-6,11-12H,7-10H2,1-2H3,(H,18,19,21)/t11-/m0/s1. The van der Waals surface area contributed by atoms with Gasteiger partial charge in [-0.25, -0.2) is 4.98 Å². The van der Waals surface area contributed by atoms with Gasteiger partial charge >= 0.3 is 5.97 Å². The Morgan fingerprint density at radius 2 is 2.04 bits per heavy atom. The number of ether oxygens (including phenoxy) is 1. The lowest BCUT2D eigenvalue weighted by Gasteiger charge is -2.34. The molecule has 0 radical (unpaired) electrons.